The summed E-state index contributed by atoms with van der Waals surface area (Å²) >= 11 is 0. The fourth-order valence-electron chi connectivity index (χ4n) is 3.74. The number of amides is 1. The quantitative estimate of drug-likeness (QED) is 0.698. The van der Waals surface area contributed by atoms with Crippen molar-refractivity contribution >= 4 is 17.4 Å². The molecule has 1 fully saturated rings. The second kappa shape index (κ2) is 7.58. The monoisotopic (exact) mass is 378 g/mol. The zero-order valence-corrected chi connectivity index (χ0v) is 16.7. The molecule has 1 saturated heterocycles. The van der Waals surface area contributed by atoms with Crippen molar-refractivity contribution in [3.8, 4) is 0 Å². The second-order valence-corrected chi connectivity index (χ2v) is 7.56. The predicted octanol–water partition coefficient (Wildman–Crippen LogP) is 3.00. The van der Waals surface area contributed by atoms with Crippen LogP contribution in [-0.4, -0.2) is 50.5 Å². The van der Waals surface area contributed by atoms with Crippen LogP contribution in [0.25, 0.3) is 5.78 Å². The molecule has 0 aliphatic carbocycles. The van der Waals surface area contributed by atoms with Crippen LogP contribution in [0.2, 0.25) is 0 Å². The number of hydrogen-bond acceptors (Lipinski definition) is 5. The molecular weight excluding hydrogens is 352 g/mol. The molecule has 0 radical (unpaired) electrons. The first kappa shape index (κ1) is 18.4. The van der Waals surface area contributed by atoms with Crippen LogP contribution in [0.5, 0.6) is 0 Å². The maximum Gasteiger partial charge on any atom is 0.293 e. The number of fused-ring (bicyclic) bond motifs is 1. The maximum atomic E-state index is 12.8. The van der Waals surface area contributed by atoms with Crippen LogP contribution in [0.3, 0.4) is 0 Å². The largest absolute Gasteiger partial charge is 0.372 e. The molecule has 7 heteroatoms. The van der Waals surface area contributed by atoms with Gasteiger partial charge in [0.25, 0.3) is 11.7 Å². The number of carbonyl (C=O) groups is 1. The average Bonchev–Trinajstić information content (AvgIpc) is 3.13. The van der Waals surface area contributed by atoms with E-state index in [1.54, 1.807) is 16.5 Å². The number of hydrogen-bond donors (Lipinski definition) is 0. The Bertz CT molecular complexity index is 988. The molecule has 0 atom stereocenters. The van der Waals surface area contributed by atoms with Crippen LogP contribution in [-0.2, 0) is 6.54 Å². The Morgan fingerprint density at radius 1 is 1.07 bits per heavy atom. The van der Waals surface area contributed by atoms with E-state index in [0.29, 0.717) is 12.3 Å². The Balaban J connectivity index is 1.46. The molecule has 1 aliphatic rings. The molecule has 0 spiro atoms. The molecule has 7 nitrogen and oxygen atoms in total. The van der Waals surface area contributed by atoms with Crippen LogP contribution < -0.4 is 4.90 Å². The smallest absolute Gasteiger partial charge is 0.293 e. The normalized spacial score (nSPS) is 14.5. The van der Waals surface area contributed by atoms with E-state index in [4.69, 9.17) is 0 Å². The van der Waals surface area contributed by atoms with Gasteiger partial charge in [-0.25, -0.2) is 9.50 Å². The summed E-state index contributed by atoms with van der Waals surface area (Å²) in [5.41, 5.74) is 4.12. The molecule has 3 aromatic rings. The van der Waals surface area contributed by atoms with Crippen LogP contribution in [0.4, 0.5) is 5.69 Å². The van der Waals surface area contributed by atoms with E-state index in [1.165, 1.54) is 24.9 Å². The van der Waals surface area contributed by atoms with Gasteiger partial charge < -0.3 is 9.80 Å². The fourth-order valence-corrected chi connectivity index (χ4v) is 3.74. The Kier molecular flexibility index (Phi) is 4.98. The standard InChI is InChI=1S/C21H26N6O/c1-15-13-16(2)27-21(22-15)23-19(24-27)20(28)25(3)14-17-7-9-18(10-8-17)26-11-5-4-6-12-26/h7-10,13H,4-6,11-12,14H2,1-3H3. The maximum absolute atomic E-state index is 12.8. The lowest BCUT2D eigenvalue weighted by atomic mass is 10.1. The zero-order chi connectivity index (χ0) is 19.7. The fraction of sp³-hybridized carbons (Fsp3) is 0.429. The van der Waals surface area contributed by atoms with E-state index >= 15 is 0 Å². The Hall–Kier alpha value is -2.96. The van der Waals surface area contributed by atoms with Gasteiger partial charge in [0, 0.05) is 43.8 Å². The second-order valence-electron chi connectivity index (χ2n) is 7.56. The first-order valence-electron chi connectivity index (χ1n) is 9.81. The average molecular weight is 378 g/mol. The molecule has 4 rings (SSSR count). The summed E-state index contributed by atoms with van der Waals surface area (Å²) in [6.07, 6.45) is 3.85. The molecule has 3 heterocycles. The molecular formula is C21H26N6O. The molecule has 146 valence electrons. The SMILES string of the molecule is Cc1cc(C)n2nc(C(=O)N(C)Cc3ccc(N4CCCCC4)cc3)nc2n1. The molecule has 0 saturated carbocycles. The highest BCUT2D eigenvalue weighted by atomic mass is 16.2. The Labute approximate surface area is 165 Å². The van der Waals surface area contributed by atoms with E-state index in [2.05, 4.69) is 44.2 Å². The lowest BCUT2D eigenvalue weighted by Crippen LogP contribution is -2.29. The van der Waals surface area contributed by atoms with Gasteiger partial charge in [-0.1, -0.05) is 12.1 Å². The van der Waals surface area contributed by atoms with Gasteiger partial charge in [-0.05, 0) is 56.9 Å². The number of nitrogens with zero attached hydrogens (tertiary/aromatic N) is 6. The number of aryl methyl sites for hydroxylation is 2. The molecule has 1 amide bonds. The summed E-state index contributed by atoms with van der Waals surface area (Å²) in [7, 11) is 1.78. The number of benzene rings is 1. The highest BCUT2D eigenvalue weighted by Gasteiger charge is 2.19. The van der Waals surface area contributed by atoms with Crippen LogP contribution in [0, 0.1) is 13.8 Å². The van der Waals surface area contributed by atoms with E-state index in [9.17, 15) is 4.79 Å². The minimum Gasteiger partial charge on any atom is -0.372 e. The Morgan fingerprint density at radius 3 is 2.50 bits per heavy atom. The highest BCUT2D eigenvalue weighted by molar-refractivity contribution is 5.90. The Morgan fingerprint density at radius 2 is 1.79 bits per heavy atom. The number of aromatic nitrogens is 4. The third-order valence-electron chi connectivity index (χ3n) is 5.23. The molecule has 2 aromatic heterocycles. The predicted molar refractivity (Wildman–Crippen MR) is 109 cm³/mol. The molecule has 28 heavy (non-hydrogen) atoms. The lowest BCUT2D eigenvalue weighted by Gasteiger charge is -2.29. The van der Waals surface area contributed by atoms with Gasteiger partial charge in [0.2, 0.25) is 5.82 Å². The number of anilines is 1. The first-order valence-corrected chi connectivity index (χ1v) is 9.81. The summed E-state index contributed by atoms with van der Waals surface area (Å²) in [4.78, 5) is 25.5. The number of carbonyl (C=O) groups excluding carboxylic acids is 1. The van der Waals surface area contributed by atoms with Gasteiger partial charge in [0.15, 0.2) is 0 Å². The molecule has 0 unspecified atom stereocenters. The van der Waals surface area contributed by atoms with Crippen LogP contribution in [0.15, 0.2) is 30.3 Å². The summed E-state index contributed by atoms with van der Waals surface area (Å²) in [5.74, 6) is 0.427. The highest BCUT2D eigenvalue weighted by Crippen LogP contribution is 2.20. The van der Waals surface area contributed by atoms with Gasteiger partial charge in [-0.15, -0.1) is 5.10 Å². The third-order valence-corrected chi connectivity index (χ3v) is 5.23. The van der Waals surface area contributed by atoms with Crippen molar-refractivity contribution in [2.45, 2.75) is 39.7 Å². The van der Waals surface area contributed by atoms with E-state index in [1.807, 2.05) is 19.9 Å². The van der Waals surface area contributed by atoms with Crippen molar-refractivity contribution in [3.63, 3.8) is 0 Å². The van der Waals surface area contributed by atoms with Gasteiger partial charge in [0.1, 0.15) is 0 Å². The topological polar surface area (TPSA) is 66.6 Å². The van der Waals surface area contributed by atoms with Crippen molar-refractivity contribution in [1.82, 2.24) is 24.5 Å². The van der Waals surface area contributed by atoms with Crippen LogP contribution >= 0.6 is 0 Å². The van der Waals surface area contributed by atoms with Crippen molar-refractivity contribution in [1.29, 1.82) is 0 Å². The number of piperidine rings is 1. The van der Waals surface area contributed by atoms with E-state index < -0.39 is 0 Å². The molecule has 0 bridgehead atoms. The van der Waals surface area contributed by atoms with E-state index in [0.717, 1.165) is 30.0 Å². The van der Waals surface area contributed by atoms with Gasteiger partial charge >= 0.3 is 0 Å². The van der Waals surface area contributed by atoms with Crippen molar-refractivity contribution < 1.29 is 4.79 Å². The summed E-state index contributed by atoms with van der Waals surface area (Å²) < 4.78 is 1.61. The summed E-state index contributed by atoms with van der Waals surface area (Å²) in [5, 5.41) is 4.34. The summed E-state index contributed by atoms with van der Waals surface area (Å²) in [6.45, 7) is 6.61. The van der Waals surface area contributed by atoms with Gasteiger partial charge in [-0.2, -0.15) is 4.98 Å². The lowest BCUT2D eigenvalue weighted by molar-refractivity contribution is 0.0773. The van der Waals surface area contributed by atoms with Gasteiger partial charge in [0.05, 0.1) is 0 Å². The minimum absolute atomic E-state index is 0.175. The molecule has 1 aromatic carbocycles. The van der Waals surface area contributed by atoms with Gasteiger partial charge in [-0.3, -0.25) is 4.79 Å². The minimum atomic E-state index is -0.206. The molecule has 0 N–H and O–H groups in total. The van der Waals surface area contributed by atoms with Crippen LogP contribution in [0.1, 0.15) is 46.8 Å². The van der Waals surface area contributed by atoms with Crippen molar-refractivity contribution in [3.05, 3.63) is 53.1 Å². The van der Waals surface area contributed by atoms with Crippen molar-refractivity contribution in [2.75, 3.05) is 25.0 Å². The third kappa shape index (κ3) is 3.69. The number of rotatable bonds is 4. The first-order chi connectivity index (χ1) is 13.5. The summed E-state index contributed by atoms with van der Waals surface area (Å²) in [6, 6.07) is 10.4. The zero-order valence-electron chi connectivity index (χ0n) is 16.7. The van der Waals surface area contributed by atoms with E-state index in [-0.39, 0.29) is 11.7 Å². The van der Waals surface area contributed by atoms with Crippen molar-refractivity contribution in [2.24, 2.45) is 0 Å². The molecule has 1 aliphatic heterocycles.